The van der Waals surface area contributed by atoms with Crippen LogP contribution in [0.3, 0.4) is 0 Å². The Morgan fingerprint density at radius 3 is 2.61 bits per heavy atom. The van der Waals surface area contributed by atoms with E-state index in [-0.39, 0.29) is 5.91 Å². The third-order valence-corrected chi connectivity index (χ3v) is 3.82. The Bertz CT molecular complexity index is 327. The van der Waals surface area contributed by atoms with E-state index in [1.54, 1.807) is 26.0 Å². The highest BCUT2D eigenvalue weighted by Crippen LogP contribution is 2.32. The summed E-state index contributed by atoms with van der Waals surface area (Å²) in [7, 11) is 5.29. The van der Waals surface area contributed by atoms with E-state index in [1.807, 2.05) is 0 Å². The van der Waals surface area contributed by atoms with E-state index >= 15 is 0 Å². The number of carbonyl (C=O) groups excluding carboxylic acids is 1. The van der Waals surface area contributed by atoms with Crippen molar-refractivity contribution in [2.24, 2.45) is 10.4 Å². The monoisotopic (exact) mass is 254 g/mol. The van der Waals surface area contributed by atoms with Crippen molar-refractivity contribution in [2.45, 2.75) is 26.7 Å². The standard InChI is InChI=1S/C13H26N4O/c1-6-13(2)7-8-17(10-13)12(14-3)15-9-11(18)16(4)5/h6-10H2,1-5H3,(H,14,15). The first kappa shape index (κ1) is 14.8. The second kappa shape index (κ2) is 6.07. The van der Waals surface area contributed by atoms with E-state index in [1.165, 1.54) is 12.8 Å². The fraction of sp³-hybridized carbons (Fsp3) is 0.846. The van der Waals surface area contributed by atoms with Gasteiger partial charge in [0.25, 0.3) is 0 Å². The molecule has 0 aliphatic carbocycles. The van der Waals surface area contributed by atoms with Gasteiger partial charge >= 0.3 is 0 Å². The van der Waals surface area contributed by atoms with E-state index in [9.17, 15) is 4.79 Å². The van der Waals surface area contributed by atoms with Gasteiger partial charge in [0.2, 0.25) is 5.91 Å². The number of likely N-dealkylation sites (N-methyl/N-ethyl adjacent to an activating group) is 1. The molecule has 0 radical (unpaired) electrons. The van der Waals surface area contributed by atoms with Crippen molar-refractivity contribution in [2.75, 3.05) is 40.8 Å². The molecule has 0 saturated carbocycles. The van der Waals surface area contributed by atoms with Gasteiger partial charge in [0.1, 0.15) is 0 Å². The molecule has 1 N–H and O–H groups in total. The molecule has 1 heterocycles. The maximum Gasteiger partial charge on any atom is 0.241 e. The predicted molar refractivity (Wildman–Crippen MR) is 74.6 cm³/mol. The summed E-state index contributed by atoms with van der Waals surface area (Å²) in [5, 5.41) is 3.14. The minimum Gasteiger partial charge on any atom is -0.347 e. The molecule has 5 nitrogen and oxygen atoms in total. The molecular weight excluding hydrogens is 228 g/mol. The zero-order chi connectivity index (χ0) is 13.8. The molecule has 18 heavy (non-hydrogen) atoms. The third kappa shape index (κ3) is 3.62. The highest BCUT2D eigenvalue weighted by atomic mass is 16.2. The molecule has 1 atom stereocenters. The molecule has 0 aromatic rings. The highest BCUT2D eigenvalue weighted by Gasteiger charge is 2.33. The molecule has 1 amide bonds. The van der Waals surface area contributed by atoms with Crippen molar-refractivity contribution in [3.8, 4) is 0 Å². The van der Waals surface area contributed by atoms with Crippen molar-refractivity contribution in [3.05, 3.63) is 0 Å². The maximum absolute atomic E-state index is 11.6. The van der Waals surface area contributed by atoms with Crippen LogP contribution < -0.4 is 5.32 Å². The summed E-state index contributed by atoms with van der Waals surface area (Å²) in [5.74, 6) is 0.899. The molecular formula is C13H26N4O. The van der Waals surface area contributed by atoms with Crippen molar-refractivity contribution in [1.82, 2.24) is 15.1 Å². The lowest BCUT2D eigenvalue weighted by Crippen LogP contribution is -2.44. The number of guanidine groups is 1. The Kier molecular flexibility index (Phi) is 4.99. The van der Waals surface area contributed by atoms with E-state index in [4.69, 9.17) is 0 Å². The van der Waals surface area contributed by atoms with Gasteiger partial charge in [-0.3, -0.25) is 9.79 Å². The van der Waals surface area contributed by atoms with Gasteiger partial charge in [-0.05, 0) is 18.3 Å². The number of hydrogen-bond donors (Lipinski definition) is 1. The van der Waals surface area contributed by atoms with Crippen molar-refractivity contribution >= 4 is 11.9 Å². The van der Waals surface area contributed by atoms with Gasteiger partial charge in [-0.15, -0.1) is 0 Å². The van der Waals surface area contributed by atoms with Crippen LogP contribution in [-0.2, 0) is 4.79 Å². The second-order valence-electron chi connectivity index (χ2n) is 5.52. The van der Waals surface area contributed by atoms with Gasteiger partial charge in [-0.2, -0.15) is 0 Å². The first-order valence-electron chi connectivity index (χ1n) is 6.57. The van der Waals surface area contributed by atoms with Crippen molar-refractivity contribution in [1.29, 1.82) is 0 Å². The van der Waals surface area contributed by atoms with Crippen molar-refractivity contribution in [3.63, 3.8) is 0 Å². The topological polar surface area (TPSA) is 47.9 Å². The zero-order valence-electron chi connectivity index (χ0n) is 12.3. The lowest BCUT2D eigenvalue weighted by molar-refractivity contribution is -0.127. The van der Waals surface area contributed by atoms with E-state index < -0.39 is 0 Å². The van der Waals surface area contributed by atoms with Gasteiger partial charge in [0.15, 0.2) is 5.96 Å². The number of rotatable bonds is 3. The van der Waals surface area contributed by atoms with Crippen LogP contribution in [0, 0.1) is 5.41 Å². The second-order valence-corrected chi connectivity index (χ2v) is 5.52. The van der Waals surface area contributed by atoms with Crippen LogP contribution in [0.4, 0.5) is 0 Å². The Balaban J connectivity index is 2.51. The molecule has 1 saturated heterocycles. The summed E-state index contributed by atoms with van der Waals surface area (Å²) in [6.07, 6.45) is 2.36. The SMILES string of the molecule is CCC1(C)CCN(C(=NC)NCC(=O)N(C)C)C1. The number of aliphatic imine (C=N–C) groups is 1. The van der Waals surface area contributed by atoms with Gasteiger partial charge in [0, 0.05) is 34.2 Å². The molecule has 0 aromatic heterocycles. The molecule has 104 valence electrons. The summed E-state index contributed by atoms with van der Waals surface area (Å²) in [6.45, 7) is 6.87. The van der Waals surface area contributed by atoms with Crippen LogP contribution >= 0.6 is 0 Å². The molecule has 1 rings (SSSR count). The first-order chi connectivity index (χ1) is 8.41. The average molecular weight is 254 g/mol. The minimum absolute atomic E-state index is 0.0635. The van der Waals surface area contributed by atoms with Crippen LogP contribution in [0.15, 0.2) is 4.99 Å². The summed E-state index contributed by atoms with van der Waals surface area (Å²) < 4.78 is 0. The van der Waals surface area contributed by atoms with Crippen molar-refractivity contribution < 1.29 is 4.79 Å². The number of carbonyl (C=O) groups is 1. The van der Waals surface area contributed by atoms with Crippen LogP contribution in [-0.4, -0.2) is 62.4 Å². The summed E-state index contributed by atoms with van der Waals surface area (Å²) in [4.78, 5) is 19.6. The first-order valence-corrected chi connectivity index (χ1v) is 6.57. The number of hydrogen-bond acceptors (Lipinski definition) is 2. The fourth-order valence-electron chi connectivity index (χ4n) is 2.14. The smallest absolute Gasteiger partial charge is 0.241 e. The number of nitrogens with one attached hydrogen (secondary N) is 1. The molecule has 0 bridgehead atoms. The van der Waals surface area contributed by atoms with Crippen LogP contribution in [0.2, 0.25) is 0 Å². The van der Waals surface area contributed by atoms with Crippen LogP contribution in [0.1, 0.15) is 26.7 Å². The molecule has 0 spiro atoms. The largest absolute Gasteiger partial charge is 0.347 e. The lowest BCUT2D eigenvalue weighted by Gasteiger charge is -2.25. The Labute approximate surface area is 110 Å². The van der Waals surface area contributed by atoms with Crippen LogP contribution in [0.5, 0.6) is 0 Å². The molecule has 1 unspecified atom stereocenters. The Morgan fingerprint density at radius 1 is 1.50 bits per heavy atom. The van der Waals surface area contributed by atoms with Gasteiger partial charge in [-0.1, -0.05) is 13.8 Å². The predicted octanol–water partition coefficient (Wildman–Crippen LogP) is 0.772. The Morgan fingerprint density at radius 2 is 2.17 bits per heavy atom. The molecule has 1 fully saturated rings. The molecule has 0 aromatic carbocycles. The maximum atomic E-state index is 11.6. The lowest BCUT2D eigenvalue weighted by atomic mass is 9.87. The zero-order valence-corrected chi connectivity index (χ0v) is 12.3. The number of nitrogens with zero attached hydrogens (tertiary/aromatic N) is 3. The van der Waals surface area contributed by atoms with E-state index in [0.29, 0.717) is 12.0 Å². The molecule has 1 aliphatic heterocycles. The number of amides is 1. The van der Waals surface area contributed by atoms with E-state index in [0.717, 1.165) is 19.0 Å². The summed E-state index contributed by atoms with van der Waals surface area (Å²) in [5.41, 5.74) is 0.378. The van der Waals surface area contributed by atoms with E-state index in [2.05, 4.69) is 29.1 Å². The minimum atomic E-state index is 0.0635. The number of likely N-dealkylation sites (tertiary alicyclic amines) is 1. The average Bonchev–Trinajstić information content (AvgIpc) is 2.73. The van der Waals surface area contributed by atoms with Crippen LogP contribution in [0.25, 0.3) is 0 Å². The fourth-order valence-corrected chi connectivity index (χ4v) is 2.14. The van der Waals surface area contributed by atoms with Gasteiger partial charge < -0.3 is 15.1 Å². The Hall–Kier alpha value is -1.26. The highest BCUT2D eigenvalue weighted by molar-refractivity contribution is 5.86. The van der Waals surface area contributed by atoms with Gasteiger partial charge in [0.05, 0.1) is 6.54 Å². The normalized spacial score (nSPS) is 24.3. The summed E-state index contributed by atoms with van der Waals surface area (Å²) >= 11 is 0. The molecule has 5 heteroatoms. The molecule has 1 aliphatic rings. The summed E-state index contributed by atoms with van der Waals surface area (Å²) in [6, 6.07) is 0. The van der Waals surface area contributed by atoms with Gasteiger partial charge in [-0.25, -0.2) is 0 Å². The third-order valence-electron chi connectivity index (χ3n) is 3.82. The quantitative estimate of drug-likeness (QED) is 0.598.